The SMILES string of the molecule is CNC(c1cc2c(cc1F)NC(=O)CC2)C(F)(F)C(F)F. The van der Waals surface area contributed by atoms with Gasteiger partial charge in [-0.3, -0.25) is 4.79 Å². The molecule has 0 aromatic heterocycles. The van der Waals surface area contributed by atoms with Crippen LogP contribution in [0.5, 0.6) is 0 Å². The van der Waals surface area contributed by atoms with Crippen molar-refractivity contribution in [1.29, 1.82) is 0 Å². The number of nitrogens with one attached hydrogen (secondary N) is 2. The van der Waals surface area contributed by atoms with E-state index in [2.05, 4.69) is 5.32 Å². The summed E-state index contributed by atoms with van der Waals surface area (Å²) in [6.07, 6.45) is -3.55. The van der Waals surface area contributed by atoms with Crippen LogP contribution in [-0.2, 0) is 11.2 Å². The lowest BCUT2D eigenvalue weighted by molar-refractivity contribution is -0.151. The fraction of sp³-hybridized carbons (Fsp3) is 0.462. The largest absolute Gasteiger partial charge is 0.326 e. The molecule has 1 atom stereocenters. The third kappa shape index (κ3) is 2.85. The fourth-order valence-corrected chi connectivity index (χ4v) is 2.32. The summed E-state index contributed by atoms with van der Waals surface area (Å²) in [6, 6.07) is -0.171. The second-order valence-corrected chi connectivity index (χ2v) is 4.78. The zero-order chi connectivity index (χ0) is 15.8. The molecular formula is C13H13F5N2O. The summed E-state index contributed by atoms with van der Waals surface area (Å²) in [7, 11) is 1.06. The van der Waals surface area contributed by atoms with E-state index in [0.717, 1.165) is 19.2 Å². The second-order valence-electron chi connectivity index (χ2n) is 4.78. The van der Waals surface area contributed by atoms with E-state index >= 15 is 0 Å². The molecule has 8 heteroatoms. The van der Waals surface area contributed by atoms with Gasteiger partial charge in [0.1, 0.15) is 11.9 Å². The first kappa shape index (κ1) is 15.7. The Balaban J connectivity index is 2.46. The van der Waals surface area contributed by atoms with Gasteiger partial charge in [-0.1, -0.05) is 0 Å². The maximum atomic E-state index is 14.0. The third-order valence-electron chi connectivity index (χ3n) is 3.39. The summed E-state index contributed by atoms with van der Waals surface area (Å²) in [5.41, 5.74) is 0.0803. The molecule has 2 rings (SSSR count). The number of rotatable bonds is 4. The molecule has 0 saturated carbocycles. The van der Waals surface area contributed by atoms with Crippen LogP contribution < -0.4 is 10.6 Å². The van der Waals surface area contributed by atoms with Crippen molar-refractivity contribution in [3.8, 4) is 0 Å². The van der Waals surface area contributed by atoms with Crippen LogP contribution in [0.15, 0.2) is 12.1 Å². The van der Waals surface area contributed by atoms with E-state index < -0.39 is 29.8 Å². The van der Waals surface area contributed by atoms with Crippen molar-refractivity contribution in [3.63, 3.8) is 0 Å². The summed E-state index contributed by atoms with van der Waals surface area (Å²) in [5.74, 6) is -5.80. The Kier molecular flexibility index (Phi) is 4.18. The van der Waals surface area contributed by atoms with Crippen molar-refractivity contribution < 1.29 is 26.7 Å². The minimum Gasteiger partial charge on any atom is -0.326 e. The van der Waals surface area contributed by atoms with E-state index in [-0.39, 0.29) is 24.4 Å². The van der Waals surface area contributed by atoms with Crippen molar-refractivity contribution in [2.45, 2.75) is 31.2 Å². The van der Waals surface area contributed by atoms with Gasteiger partial charge in [0, 0.05) is 17.7 Å². The predicted molar refractivity (Wildman–Crippen MR) is 66.1 cm³/mol. The highest BCUT2D eigenvalue weighted by Gasteiger charge is 2.49. The zero-order valence-corrected chi connectivity index (χ0v) is 11.0. The minimum atomic E-state index is -4.41. The van der Waals surface area contributed by atoms with Gasteiger partial charge in [0.2, 0.25) is 5.91 Å². The number of carbonyl (C=O) groups is 1. The fourth-order valence-electron chi connectivity index (χ4n) is 2.32. The number of anilines is 1. The van der Waals surface area contributed by atoms with Gasteiger partial charge in [-0.2, -0.15) is 8.78 Å². The molecule has 1 unspecified atom stereocenters. The number of aryl methyl sites for hydroxylation is 1. The first-order valence-electron chi connectivity index (χ1n) is 6.22. The standard InChI is InChI=1S/C13H13F5N2O/c1-19-11(13(17,18)12(15)16)7-4-6-2-3-10(21)20-9(6)5-8(7)14/h4-5,11-12,19H,2-3H2,1H3,(H,20,21). The zero-order valence-electron chi connectivity index (χ0n) is 11.0. The lowest BCUT2D eigenvalue weighted by Gasteiger charge is -2.28. The maximum Gasteiger partial charge on any atom is 0.326 e. The molecule has 0 saturated heterocycles. The monoisotopic (exact) mass is 308 g/mol. The molecule has 0 bridgehead atoms. The lowest BCUT2D eigenvalue weighted by Crippen LogP contribution is -2.41. The normalized spacial score (nSPS) is 16.6. The Morgan fingerprint density at radius 1 is 1.29 bits per heavy atom. The number of benzene rings is 1. The summed E-state index contributed by atoms with van der Waals surface area (Å²) < 4.78 is 66.0. The van der Waals surface area contributed by atoms with Crippen LogP contribution in [0.1, 0.15) is 23.6 Å². The van der Waals surface area contributed by atoms with Crippen LogP contribution in [0.4, 0.5) is 27.6 Å². The molecule has 1 aromatic rings. The minimum absolute atomic E-state index is 0.132. The van der Waals surface area contributed by atoms with E-state index in [1.807, 2.05) is 5.32 Å². The van der Waals surface area contributed by atoms with Crippen LogP contribution in [0.2, 0.25) is 0 Å². The molecule has 21 heavy (non-hydrogen) atoms. The smallest absolute Gasteiger partial charge is 0.326 e. The summed E-state index contributed by atoms with van der Waals surface area (Å²) in [5, 5.41) is 4.45. The van der Waals surface area contributed by atoms with Crippen molar-refractivity contribution in [2.24, 2.45) is 0 Å². The van der Waals surface area contributed by atoms with E-state index in [0.29, 0.717) is 5.56 Å². The van der Waals surface area contributed by atoms with Gasteiger partial charge < -0.3 is 10.6 Å². The second kappa shape index (κ2) is 5.59. The van der Waals surface area contributed by atoms with Crippen LogP contribution in [0.25, 0.3) is 0 Å². The molecule has 116 valence electrons. The molecule has 1 amide bonds. The summed E-state index contributed by atoms with van der Waals surface area (Å²) >= 11 is 0. The van der Waals surface area contributed by atoms with E-state index in [4.69, 9.17) is 0 Å². The molecule has 0 spiro atoms. The van der Waals surface area contributed by atoms with Crippen molar-refractivity contribution in [2.75, 3.05) is 12.4 Å². The topological polar surface area (TPSA) is 41.1 Å². The van der Waals surface area contributed by atoms with Crippen molar-refractivity contribution in [3.05, 3.63) is 29.1 Å². The van der Waals surface area contributed by atoms with Gasteiger partial charge in [-0.25, -0.2) is 13.2 Å². The average molecular weight is 308 g/mol. The maximum absolute atomic E-state index is 14.0. The van der Waals surface area contributed by atoms with E-state index in [9.17, 15) is 26.7 Å². The molecule has 2 N–H and O–H groups in total. The van der Waals surface area contributed by atoms with Gasteiger partial charge >= 0.3 is 12.3 Å². The van der Waals surface area contributed by atoms with Gasteiger partial charge in [0.25, 0.3) is 0 Å². The molecular weight excluding hydrogens is 295 g/mol. The number of hydrogen-bond acceptors (Lipinski definition) is 2. The first-order chi connectivity index (χ1) is 9.77. The molecule has 0 aliphatic carbocycles. The Labute approximate surface area is 117 Å². The number of fused-ring (bicyclic) bond motifs is 1. The Morgan fingerprint density at radius 2 is 1.95 bits per heavy atom. The van der Waals surface area contributed by atoms with Crippen LogP contribution in [0, 0.1) is 5.82 Å². The van der Waals surface area contributed by atoms with Crippen LogP contribution in [0.3, 0.4) is 0 Å². The molecule has 0 fully saturated rings. The number of alkyl halides is 4. The first-order valence-corrected chi connectivity index (χ1v) is 6.22. The molecule has 1 aliphatic heterocycles. The highest BCUT2D eigenvalue weighted by atomic mass is 19.3. The van der Waals surface area contributed by atoms with Crippen LogP contribution in [-0.4, -0.2) is 25.3 Å². The molecule has 1 aromatic carbocycles. The lowest BCUT2D eigenvalue weighted by atomic mass is 9.94. The Bertz CT molecular complexity index is 562. The van der Waals surface area contributed by atoms with Gasteiger partial charge in [0.15, 0.2) is 0 Å². The molecule has 1 aliphatic rings. The average Bonchev–Trinajstić information content (AvgIpc) is 2.39. The summed E-state index contributed by atoms with van der Waals surface area (Å²) in [6.45, 7) is 0. The van der Waals surface area contributed by atoms with E-state index in [1.165, 1.54) is 0 Å². The van der Waals surface area contributed by atoms with E-state index in [1.54, 1.807) is 0 Å². The Hall–Kier alpha value is -1.70. The Morgan fingerprint density at radius 3 is 2.52 bits per heavy atom. The van der Waals surface area contributed by atoms with Gasteiger partial charge in [-0.15, -0.1) is 0 Å². The van der Waals surface area contributed by atoms with Crippen molar-refractivity contribution >= 4 is 11.6 Å². The van der Waals surface area contributed by atoms with Gasteiger partial charge in [0.05, 0.1) is 0 Å². The predicted octanol–water partition coefficient (Wildman–Crippen LogP) is 2.87. The number of carbonyl (C=O) groups excluding carboxylic acids is 1. The molecule has 0 radical (unpaired) electrons. The molecule has 3 nitrogen and oxygen atoms in total. The highest BCUT2D eigenvalue weighted by molar-refractivity contribution is 5.93. The number of amides is 1. The molecule has 1 heterocycles. The number of hydrogen-bond donors (Lipinski definition) is 2. The quantitative estimate of drug-likeness (QED) is 0.840. The summed E-state index contributed by atoms with van der Waals surface area (Å²) in [4.78, 5) is 11.2. The van der Waals surface area contributed by atoms with Crippen LogP contribution >= 0.6 is 0 Å². The van der Waals surface area contributed by atoms with Crippen molar-refractivity contribution in [1.82, 2.24) is 5.32 Å². The highest BCUT2D eigenvalue weighted by Crippen LogP contribution is 2.39. The third-order valence-corrected chi connectivity index (χ3v) is 3.39. The van der Waals surface area contributed by atoms with Gasteiger partial charge in [-0.05, 0) is 31.2 Å². The number of halogens is 5.